The summed E-state index contributed by atoms with van der Waals surface area (Å²) in [4.78, 5) is 28.5. The second-order valence-corrected chi connectivity index (χ2v) is 6.66. The molecule has 3 rings (SSSR count). The quantitative estimate of drug-likeness (QED) is 0.857. The van der Waals surface area contributed by atoms with Crippen LogP contribution in [0, 0.1) is 11.3 Å². The zero-order valence-electron chi connectivity index (χ0n) is 14.8. The fraction of sp³-hybridized carbons (Fsp3) is 0.526. The van der Waals surface area contributed by atoms with Crippen molar-refractivity contribution in [3.63, 3.8) is 0 Å². The average molecular weight is 356 g/mol. The van der Waals surface area contributed by atoms with Crippen molar-refractivity contribution < 1.29 is 14.3 Å². The van der Waals surface area contributed by atoms with Gasteiger partial charge in [-0.25, -0.2) is 0 Å². The molecule has 1 atom stereocenters. The molecule has 0 radical (unpaired) electrons. The molecule has 138 valence electrons. The molecule has 0 unspecified atom stereocenters. The fourth-order valence-electron chi connectivity index (χ4n) is 3.28. The second kappa shape index (κ2) is 8.79. The van der Waals surface area contributed by atoms with Crippen LogP contribution in [0.3, 0.4) is 0 Å². The van der Waals surface area contributed by atoms with Crippen LogP contribution in [0.2, 0.25) is 0 Å². The number of nitriles is 1. The van der Waals surface area contributed by atoms with E-state index in [9.17, 15) is 9.59 Å². The van der Waals surface area contributed by atoms with Crippen molar-refractivity contribution in [3.05, 3.63) is 29.8 Å². The van der Waals surface area contributed by atoms with Gasteiger partial charge in [0.2, 0.25) is 5.91 Å². The monoisotopic (exact) mass is 356 g/mol. The third kappa shape index (κ3) is 4.81. The smallest absolute Gasteiger partial charge is 0.251 e. The molecule has 0 aliphatic carbocycles. The van der Waals surface area contributed by atoms with Gasteiger partial charge in [-0.1, -0.05) is 0 Å². The summed E-state index contributed by atoms with van der Waals surface area (Å²) >= 11 is 0. The first-order chi connectivity index (χ1) is 12.7. The maximum Gasteiger partial charge on any atom is 0.251 e. The number of ether oxygens (including phenoxy) is 1. The summed E-state index contributed by atoms with van der Waals surface area (Å²) in [5, 5.41) is 11.6. The number of amides is 2. The third-order valence-electron chi connectivity index (χ3n) is 4.84. The number of hydrogen-bond acceptors (Lipinski definition) is 5. The standard InChI is InChI=1S/C19H24N4O3/c20-14-15-3-5-16(6-4-15)21-18(24)7-8-22-9-11-23(12-10-22)19(25)17-2-1-13-26-17/h3-6,17H,1-2,7-13H2,(H,21,24)/t17-/m0/s1. The molecule has 1 aromatic carbocycles. The Morgan fingerprint density at radius 2 is 1.92 bits per heavy atom. The Hall–Kier alpha value is -2.43. The molecule has 0 saturated carbocycles. The van der Waals surface area contributed by atoms with Crippen molar-refractivity contribution in [2.75, 3.05) is 44.6 Å². The molecule has 7 nitrogen and oxygen atoms in total. The molecule has 0 aromatic heterocycles. The van der Waals surface area contributed by atoms with Gasteiger partial charge in [-0.15, -0.1) is 0 Å². The molecule has 2 saturated heterocycles. The number of nitrogens with one attached hydrogen (secondary N) is 1. The molecular weight excluding hydrogens is 332 g/mol. The lowest BCUT2D eigenvalue weighted by atomic mass is 10.2. The van der Waals surface area contributed by atoms with Crippen LogP contribution in [0.5, 0.6) is 0 Å². The molecule has 7 heteroatoms. The lowest BCUT2D eigenvalue weighted by Crippen LogP contribution is -2.51. The number of piperazine rings is 1. The van der Waals surface area contributed by atoms with E-state index >= 15 is 0 Å². The minimum Gasteiger partial charge on any atom is -0.368 e. The summed E-state index contributed by atoms with van der Waals surface area (Å²) in [7, 11) is 0. The molecule has 0 spiro atoms. The van der Waals surface area contributed by atoms with Crippen molar-refractivity contribution in [2.24, 2.45) is 0 Å². The summed E-state index contributed by atoms with van der Waals surface area (Å²) in [6, 6.07) is 8.87. The van der Waals surface area contributed by atoms with Crippen LogP contribution >= 0.6 is 0 Å². The van der Waals surface area contributed by atoms with Gasteiger partial charge in [0.15, 0.2) is 0 Å². The highest BCUT2D eigenvalue weighted by Crippen LogP contribution is 2.16. The van der Waals surface area contributed by atoms with Crippen LogP contribution in [0.25, 0.3) is 0 Å². The van der Waals surface area contributed by atoms with Crippen LogP contribution in [0.4, 0.5) is 5.69 Å². The van der Waals surface area contributed by atoms with E-state index in [1.165, 1.54) is 0 Å². The lowest BCUT2D eigenvalue weighted by molar-refractivity contribution is -0.142. The van der Waals surface area contributed by atoms with Crippen molar-refractivity contribution in [1.82, 2.24) is 9.80 Å². The highest BCUT2D eigenvalue weighted by Gasteiger charge is 2.30. The number of benzene rings is 1. The summed E-state index contributed by atoms with van der Waals surface area (Å²) in [6.07, 6.45) is 1.94. The molecule has 1 N–H and O–H groups in total. The SMILES string of the molecule is N#Cc1ccc(NC(=O)CCN2CCN(C(=O)[C@@H]3CCCO3)CC2)cc1. The molecule has 2 aliphatic rings. The number of nitrogens with zero attached hydrogens (tertiary/aromatic N) is 3. The zero-order valence-corrected chi connectivity index (χ0v) is 14.8. The highest BCUT2D eigenvalue weighted by molar-refractivity contribution is 5.90. The Kier molecular flexibility index (Phi) is 6.21. The summed E-state index contributed by atoms with van der Waals surface area (Å²) in [5.74, 6) is 0.0632. The minimum absolute atomic E-state index is 0.0485. The zero-order chi connectivity index (χ0) is 18.4. The van der Waals surface area contributed by atoms with E-state index in [1.54, 1.807) is 24.3 Å². The Morgan fingerprint density at radius 1 is 1.19 bits per heavy atom. The second-order valence-electron chi connectivity index (χ2n) is 6.66. The average Bonchev–Trinajstić information content (AvgIpc) is 3.21. The van der Waals surface area contributed by atoms with Crippen LogP contribution in [0.1, 0.15) is 24.8 Å². The van der Waals surface area contributed by atoms with Gasteiger partial charge in [-0.2, -0.15) is 5.26 Å². The molecule has 0 bridgehead atoms. The number of carbonyl (C=O) groups excluding carboxylic acids is 2. The molecule has 2 amide bonds. The fourth-order valence-corrected chi connectivity index (χ4v) is 3.28. The van der Waals surface area contributed by atoms with Crippen LogP contribution in [0.15, 0.2) is 24.3 Å². The van der Waals surface area contributed by atoms with Gasteiger partial charge in [0.05, 0.1) is 11.6 Å². The predicted molar refractivity (Wildman–Crippen MR) is 96.4 cm³/mol. The molecule has 2 aliphatic heterocycles. The maximum atomic E-state index is 12.3. The first-order valence-corrected chi connectivity index (χ1v) is 9.08. The summed E-state index contributed by atoms with van der Waals surface area (Å²) < 4.78 is 5.47. The Bertz CT molecular complexity index is 669. The summed E-state index contributed by atoms with van der Waals surface area (Å²) in [5.41, 5.74) is 1.26. The largest absolute Gasteiger partial charge is 0.368 e. The topological polar surface area (TPSA) is 85.7 Å². The van der Waals surface area contributed by atoms with Gasteiger partial charge in [0, 0.05) is 51.4 Å². The maximum absolute atomic E-state index is 12.3. The van der Waals surface area contributed by atoms with Gasteiger partial charge >= 0.3 is 0 Å². The van der Waals surface area contributed by atoms with Gasteiger partial charge in [-0.3, -0.25) is 14.5 Å². The number of anilines is 1. The summed E-state index contributed by atoms with van der Waals surface area (Å²) in [6.45, 7) is 4.30. The van der Waals surface area contributed by atoms with Crippen molar-refractivity contribution in [2.45, 2.75) is 25.4 Å². The van der Waals surface area contributed by atoms with E-state index < -0.39 is 0 Å². The van der Waals surface area contributed by atoms with Crippen LogP contribution in [-0.4, -0.2) is 67.0 Å². The van der Waals surface area contributed by atoms with Crippen molar-refractivity contribution >= 4 is 17.5 Å². The van der Waals surface area contributed by atoms with Gasteiger partial charge in [-0.05, 0) is 37.1 Å². The minimum atomic E-state index is -0.250. The third-order valence-corrected chi connectivity index (χ3v) is 4.84. The van der Waals surface area contributed by atoms with Gasteiger partial charge in [0.1, 0.15) is 6.10 Å². The molecule has 2 fully saturated rings. The van der Waals surface area contributed by atoms with E-state index in [-0.39, 0.29) is 17.9 Å². The van der Waals surface area contributed by atoms with E-state index in [1.807, 2.05) is 11.0 Å². The Labute approximate surface area is 153 Å². The predicted octanol–water partition coefficient (Wildman–Crippen LogP) is 1.21. The molecule has 2 heterocycles. The number of hydrogen-bond donors (Lipinski definition) is 1. The van der Waals surface area contributed by atoms with E-state index in [0.29, 0.717) is 43.9 Å². The van der Waals surface area contributed by atoms with Gasteiger partial charge < -0.3 is 15.0 Å². The van der Waals surface area contributed by atoms with Crippen LogP contribution < -0.4 is 5.32 Å². The molecular formula is C19H24N4O3. The van der Waals surface area contributed by atoms with Gasteiger partial charge in [0.25, 0.3) is 5.91 Å². The van der Waals surface area contributed by atoms with Crippen molar-refractivity contribution in [3.8, 4) is 6.07 Å². The van der Waals surface area contributed by atoms with Crippen LogP contribution in [-0.2, 0) is 14.3 Å². The Morgan fingerprint density at radius 3 is 2.54 bits per heavy atom. The molecule has 26 heavy (non-hydrogen) atoms. The van der Waals surface area contributed by atoms with E-state index in [4.69, 9.17) is 10.00 Å². The van der Waals surface area contributed by atoms with E-state index in [2.05, 4.69) is 10.2 Å². The van der Waals surface area contributed by atoms with Crippen molar-refractivity contribution in [1.29, 1.82) is 5.26 Å². The molecule has 1 aromatic rings. The lowest BCUT2D eigenvalue weighted by Gasteiger charge is -2.35. The normalized spacial score (nSPS) is 20.6. The highest BCUT2D eigenvalue weighted by atomic mass is 16.5. The van der Waals surface area contributed by atoms with E-state index in [0.717, 1.165) is 25.9 Å². The Balaban J connectivity index is 1.37. The number of carbonyl (C=O) groups is 2. The number of rotatable bonds is 5. The first-order valence-electron chi connectivity index (χ1n) is 9.08. The first kappa shape index (κ1) is 18.4.